The van der Waals surface area contributed by atoms with Crippen LogP contribution < -0.4 is 5.32 Å². The first-order valence-corrected chi connectivity index (χ1v) is 6.26. The Bertz CT molecular complexity index is 462. The highest BCUT2D eigenvalue weighted by Crippen LogP contribution is 2.18. The first-order chi connectivity index (χ1) is 8.79. The van der Waals surface area contributed by atoms with Crippen LogP contribution in [0.15, 0.2) is 28.4 Å². The van der Waals surface area contributed by atoms with E-state index in [9.17, 15) is 4.79 Å². The third-order valence-electron chi connectivity index (χ3n) is 3.14. The molecule has 4 nitrogen and oxygen atoms in total. The summed E-state index contributed by atoms with van der Waals surface area (Å²) >= 11 is 0. The third-order valence-corrected chi connectivity index (χ3v) is 3.14. The van der Waals surface area contributed by atoms with Crippen molar-refractivity contribution in [3.05, 3.63) is 29.7 Å². The van der Waals surface area contributed by atoms with Gasteiger partial charge in [0.15, 0.2) is 0 Å². The van der Waals surface area contributed by atoms with Crippen LogP contribution in [0.3, 0.4) is 0 Å². The van der Waals surface area contributed by atoms with Crippen LogP contribution in [-0.4, -0.2) is 11.9 Å². The van der Waals surface area contributed by atoms with E-state index < -0.39 is 0 Å². The van der Waals surface area contributed by atoms with Crippen molar-refractivity contribution >= 4 is 12.0 Å². The molecule has 1 amide bonds. The first-order valence-electron chi connectivity index (χ1n) is 6.26. The molecule has 1 aromatic heterocycles. The number of hydrogen-bond donors (Lipinski definition) is 1. The Morgan fingerprint density at radius 2 is 2.22 bits per heavy atom. The maximum Gasteiger partial charge on any atom is 0.262 e. The normalized spacial score (nSPS) is 17.2. The molecule has 0 unspecified atom stereocenters. The predicted molar refractivity (Wildman–Crippen MR) is 67.3 cm³/mol. The van der Waals surface area contributed by atoms with Crippen molar-refractivity contribution in [3.8, 4) is 6.07 Å². The molecule has 0 saturated heterocycles. The molecule has 94 valence electrons. The van der Waals surface area contributed by atoms with Crippen LogP contribution in [0.25, 0.3) is 6.08 Å². The number of carbonyl (C=O) groups excluding carboxylic acids is 1. The van der Waals surface area contributed by atoms with E-state index >= 15 is 0 Å². The molecule has 0 spiro atoms. The summed E-state index contributed by atoms with van der Waals surface area (Å²) in [5, 5.41) is 11.9. The summed E-state index contributed by atoms with van der Waals surface area (Å²) in [6, 6.07) is 5.56. The second kappa shape index (κ2) is 6.06. The molecule has 18 heavy (non-hydrogen) atoms. The van der Waals surface area contributed by atoms with E-state index in [1.54, 1.807) is 12.1 Å². The molecular weight excluding hydrogens is 228 g/mol. The molecule has 1 aliphatic carbocycles. The maximum absolute atomic E-state index is 11.9. The molecule has 1 N–H and O–H groups in total. The first kappa shape index (κ1) is 12.4. The fourth-order valence-electron chi connectivity index (χ4n) is 2.17. The topological polar surface area (TPSA) is 66.0 Å². The summed E-state index contributed by atoms with van der Waals surface area (Å²) in [6.45, 7) is 0. The molecule has 4 heteroatoms. The van der Waals surface area contributed by atoms with E-state index in [0.29, 0.717) is 5.76 Å². The molecule has 1 aliphatic rings. The number of carbonyl (C=O) groups is 1. The number of nitrogens with zero attached hydrogens (tertiary/aromatic N) is 1. The van der Waals surface area contributed by atoms with Crippen molar-refractivity contribution in [1.29, 1.82) is 5.26 Å². The molecule has 2 rings (SSSR count). The number of nitriles is 1. The predicted octanol–water partition coefficient (Wildman–Crippen LogP) is 2.64. The van der Waals surface area contributed by atoms with E-state index in [2.05, 4.69) is 5.32 Å². The van der Waals surface area contributed by atoms with Gasteiger partial charge in [0.05, 0.1) is 6.26 Å². The zero-order valence-electron chi connectivity index (χ0n) is 10.2. The Labute approximate surface area is 106 Å². The van der Waals surface area contributed by atoms with Gasteiger partial charge in [-0.25, -0.2) is 0 Å². The second-order valence-electron chi connectivity index (χ2n) is 4.49. The van der Waals surface area contributed by atoms with Gasteiger partial charge in [-0.3, -0.25) is 4.79 Å². The average molecular weight is 244 g/mol. The molecule has 0 aromatic carbocycles. The lowest BCUT2D eigenvalue weighted by molar-refractivity contribution is -0.117. The fourth-order valence-corrected chi connectivity index (χ4v) is 2.17. The van der Waals surface area contributed by atoms with Gasteiger partial charge in [0.1, 0.15) is 17.4 Å². The van der Waals surface area contributed by atoms with Crippen molar-refractivity contribution in [3.63, 3.8) is 0 Å². The highest BCUT2D eigenvalue weighted by atomic mass is 16.3. The smallest absolute Gasteiger partial charge is 0.262 e. The third kappa shape index (κ3) is 3.24. The minimum absolute atomic E-state index is 0.0931. The van der Waals surface area contributed by atoms with Crippen LogP contribution in [0, 0.1) is 11.3 Å². The van der Waals surface area contributed by atoms with Gasteiger partial charge in [-0.05, 0) is 25.0 Å². The lowest BCUT2D eigenvalue weighted by atomic mass is 9.95. The molecule has 1 heterocycles. The second-order valence-corrected chi connectivity index (χ2v) is 4.49. The van der Waals surface area contributed by atoms with Gasteiger partial charge in [0, 0.05) is 12.1 Å². The standard InChI is InChI=1S/C14H16N2O2/c15-10-11(9-13-7-4-8-18-13)14(17)16-12-5-2-1-3-6-12/h4,7-9,12H,1-3,5-6H2,(H,16,17). The quantitative estimate of drug-likeness (QED) is 0.656. The van der Waals surface area contributed by atoms with Crippen LogP contribution >= 0.6 is 0 Å². The monoisotopic (exact) mass is 244 g/mol. The van der Waals surface area contributed by atoms with E-state index in [1.807, 2.05) is 6.07 Å². The van der Waals surface area contributed by atoms with Crippen molar-refractivity contribution in [2.45, 2.75) is 38.1 Å². The molecule has 0 radical (unpaired) electrons. The Morgan fingerprint density at radius 3 is 2.83 bits per heavy atom. The van der Waals surface area contributed by atoms with Gasteiger partial charge < -0.3 is 9.73 Å². The molecule has 1 saturated carbocycles. The largest absolute Gasteiger partial charge is 0.465 e. The molecule has 1 fully saturated rings. The van der Waals surface area contributed by atoms with E-state index in [4.69, 9.17) is 9.68 Å². The van der Waals surface area contributed by atoms with E-state index in [1.165, 1.54) is 18.8 Å². The summed E-state index contributed by atoms with van der Waals surface area (Å²) in [6.07, 6.45) is 8.53. The molecule has 1 aromatic rings. The number of hydrogen-bond acceptors (Lipinski definition) is 3. The Hall–Kier alpha value is -2.02. The van der Waals surface area contributed by atoms with Gasteiger partial charge >= 0.3 is 0 Å². The maximum atomic E-state index is 11.9. The number of nitrogens with one attached hydrogen (secondary N) is 1. The molecule has 0 bridgehead atoms. The average Bonchev–Trinajstić information content (AvgIpc) is 2.90. The highest BCUT2D eigenvalue weighted by Gasteiger charge is 2.18. The van der Waals surface area contributed by atoms with Crippen LogP contribution in [0.1, 0.15) is 37.9 Å². The van der Waals surface area contributed by atoms with Gasteiger partial charge in [-0.2, -0.15) is 5.26 Å². The fraction of sp³-hybridized carbons (Fsp3) is 0.429. The van der Waals surface area contributed by atoms with Gasteiger partial charge in [0.25, 0.3) is 5.91 Å². The Morgan fingerprint density at radius 1 is 1.44 bits per heavy atom. The lowest BCUT2D eigenvalue weighted by Crippen LogP contribution is -2.36. The van der Waals surface area contributed by atoms with Crippen LogP contribution in [0.5, 0.6) is 0 Å². The van der Waals surface area contributed by atoms with Crippen molar-refractivity contribution in [1.82, 2.24) is 5.32 Å². The van der Waals surface area contributed by atoms with Gasteiger partial charge in [-0.1, -0.05) is 19.3 Å². The number of rotatable bonds is 3. The molecule has 0 aliphatic heterocycles. The van der Waals surface area contributed by atoms with Crippen LogP contribution in [0.2, 0.25) is 0 Å². The summed E-state index contributed by atoms with van der Waals surface area (Å²) in [5.74, 6) is 0.214. The number of amides is 1. The summed E-state index contributed by atoms with van der Waals surface area (Å²) < 4.78 is 5.10. The van der Waals surface area contributed by atoms with Crippen LogP contribution in [-0.2, 0) is 4.79 Å². The lowest BCUT2D eigenvalue weighted by Gasteiger charge is -2.22. The minimum Gasteiger partial charge on any atom is -0.465 e. The Balaban J connectivity index is 2.00. The van der Waals surface area contributed by atoms with E-state index in [-0.39, 0.29) is 17.5 Å². The number of furan rings is 1. The van der Waals surface area contributed by atoms with Crippen molar-refractivity contribution < 1.29 is 9.21 Å². The molecular formula is C14H16N2O2. The summed E-state index contributed by atoms with van der Waals surface area (Å²) in [4.78, 5) is 11.9. The summed E-state index contributed by atoms with van der Waals surface area (Å²) in [7, 11) is 0. The van der Waals surface area contributed by atoms with E-state index in [0.717, 1.165) is 25.7 Å². The van der Waals surface area contributed by atoms with Gasteiger partial charge in [-0.15, -0.1) is 0 Å². The molecule has 0 atom stereocenters. The highest BCUT2D eigenvalue weighted by molar-refractivity contribution is 6.01. The van der Waals surface area contributed by atoms with Gasteiger partial charge in [0.2, 0.25) is 0 Å². The zero-order chi connectivity index (χ0) is 12.8. The zero-order valence-corrected chi connectivity index (χ0v) is 10.2. The minimum atomic E-state index is -0.305. The SMILES string of the molecule is N#CC(=Cc1ccco1)C(=O)NC1CCCCC1. The van der Waals surface area contributed by atoms with Crippen molar-refractivity contribution in [2.24, 2.45) is 0 Å². The van der Waals surface area contributed by atoms with Crippen molar-refractivity contribution in [2.75, 3.05) is 0 Å². The Kier molecular flexibility index (Phi) is 4.19. The summed E-state index contributed by atoms with van der Waals surface area (Å²) in [5.41, 5.74) is 0.0931. The van der Waals surface area contributed by atoms with Crippen LogP contribution in [0.4, 0.5) is 0 Å².